The van der Waals surface area contributed by atoms with Gasteiger partial charge in [-0.15, -0.1) is 0 Å². The van der Waals surface area contributed by atoms with Gasteiger partial charge >= 0.3 is 0 Å². The van der Waals surface area contributed by atoms with Gasteiger partial charge in [-0.05, 0) is 44.2 Å². The fourth-order valence-corrected chi connectivity index (χ4v) is 3.24. The fourth-order valence-electron chi connectivity index (χ4n) is 2.78. The molecule has 6 nitrogen and oxygen atoms in total. The van der Waals surface area contributed by atoms with Gasteiger partial charge < -0.3 is 19.7 Å². The van der Waals surface area contributed by atoms with Gasteiger partial charge in [0.25, 0.3) is 11.8 Å². The van der Waals surface area contributed by atoms with Crippen LogP contribution in [0.5, 0.6) is 11.5 Å². The minimum absolute atomic E-state index is 0.0632. The normalized spacial score (nSPS) is 13.9. The van der Waals surface area contributed by atoms with Crippen molar-refractivity contribution in [1.29, 1.82) is 0 Å². The first-order valence-electron chi connectivity index (χ1n) is 8.89. The maximum Gasteiger partial charge on any atom is 0.265 e. The van der Waals surface area contributed by atoms with E-state index in [1.54, 1.807) is 48.2 Å². The molecule has 1 atom stereocenters. The Morgan fingerprint density at radius 1 is 1.31 bits per heavy atom. The molecule has 0 spiro atoms. The lowest BCUT2D eigenvalue weighted by Gasteiger charge is -2.30. The molecule has 1 heterocycles. The van der Waals surface area contributed by atoms with Crippen molar-refractivity contribution in [3.63, 3.8) is 0 Å². The SMILES string of the molecule is C=C(C)CN1C(=O)COc2cc(NC(=O)C(C)Oc3ccc(Cl)cc3Cl)ccc21. The number of fused-ring (bicyclic) bond motifs is 1. The first-order chi connectivity index (χ1) is 13.7. The number of hydrogen-bond donors (Lipinski definition) is 1. The number of nitrogens with one attached hydrogen (secondary N) is 1. The molecular formula is C21H20Cl2N2O4. The van der Waals surface area contributed by atoms with Gasteiger partial charge in [0.1, 0.15) is 11.5 Å². The van der Waals surface area contributed by atoms with Crippen molar-refractivity contribution in [1.82, 2.24) is 0 Å². The molecule has 0 aliphatic carbocycles. The van der Waals surface area contributed by atoms with E-state index < -0.39 is 6.10 Å². The molecule has 8 heteroatoms. The lowest BCUT2D eigenvalue weighted by Crippen LogP contribution is -2.39. The molecule has 3 rings (SSSR count). The third kappa shape index (κ3) is 5.02. The van der Waals surface area contributed by atoms with E-state index in [2.05, 4.69) is 11.9 Å². The van der Waals surface area contributed by atoms with Crippen molar-refractivity contribution in [2.24, 2.45) is 0 Å². The van der Waals surface area contributed by atoms with E-state index in [0.29, 0.717) is 39.5 Å². The summed E-state index contributed by atoms with van der Waals surface area (Å²) in [5.74, 6) is 0.375. The summed E-state index contributed by atoms with van der Waals surface area (Å²) >= 11 is 12.0. The van der Waals surface area contributed by atoms with Crippen LogP contribution in [0.15, 0.2) is 48.6 Å². The number of carbonyl (C=O) groups is 2. The van der Waals surface area contributed by atoms with Crippen LogP contribution in [0.4, 0.5) is 11.4 Å². The largest absolute Gasteiger partial charge is 0.481 e. The van der Waals surface area contributed by atoms with Crippen LogP contribution < -0.4 is 19.7 Å². The Hall–Kier alpha value is -2.70. The summed E-state index contributed by atoms with van der Waals surface area (Å²) in [5, 5.41) is 3.58. The molecule has 1 N–H and O–H groups in total. The molecule has 0 radical (unpaired) electrons. The van der Waals surface area contributed by atoms with Crippen molar-refractivity contribution in [3.8, 4) is 11.5 Å². The van der Waals surface area contributed by atoms with Crippen LogP contribution in [0, 0.1) is 0 Å². The van der Waals surface area contributed by atoms with E-state index in [-0.39, 0.29) is 18.4 Å². The molecule has 0 saturated carbocycles. The zero-order chi connectivity index (χ0) is 21.1. The number of carbonyl (C=O) groups excluding carboxylic acids is 2. The number of benzene rings is 2. The number of anilines is 2. The highest BCUT2D eigenvalue weighted by molar-refractivity contribution is 6.35. The van der Waals surface area contributed by atoms with Crippen molar-refractivity contribution < 1.29 is 19.1 Å². The number of rotatable bonds is 6. The molecule has 1 aliphatic rings. The van der Waals surface area contributed by atoms with Gasteiger partial charge in [0.05, 0.1) is 10.7 Å². The molecule has 2 amide bonds. The van der Waals surface area contributed by atoms with Gasteiger partial charge in [-0.3, -0.25) is 9.59 Å². The maximum absolute atomic E-state index is 12.5. The Balaban J connectivity index is 1.71. The predicted molar refractivity (Wildman–Crippen MR) is 114 cm³/mol. The smallest absolute Gasteiger partial charge is 0.265 e. The summed E-state index contributed by atoms with van der Waals surface area (Å²) in [6.45, 7) is 7.67. The number of amides is 2. The second kappa shape index (κ2) is 8.76. The number of ether oxygens (including phenoxy) is 2. The summed E-state index contributed by atoms with van der Waals surface area (Å²) < 4.78 is 11.1. The Bertz CT molecular complexity index is 977. The molecule has 0 bridgehead atoms. The third-order valence-electron chi connectivity index (χ3n) is 4.17. The lowest BCUT2D eigenvalue weighted by atomic mass is 10.2. The molecule has 1 unspecified atom stereocenters. The summed E-state index contributed by atoms with van der Waals surface area (Å²) in [7, 11) is 0. The van der Waals surface area contributed by atoms with Crippen molar-refractivity contribution in [2.75, 3.05) is 23.4 Å². The fraction of sp³-hybridized carbons (Fsp3) is 0.238. The van der Waals surface area contributed by atoms with Crippen LogP contribution in [0.2, 0.25) is 10.0 Å². The standard InChI is InChI=1S/C21H20Cl2N2O4/c1-12(2)10-25-17-6-5-15(9-19(17)28-11-20(25)26)24-21(27)13(3)29-18-7-4-14(22)8-16(18)23/h4-9,13H,1,10-11H2,2-3H3,(H,24,27). The molecular weight excluding hydrogens is 415 g/mol. The number of nitrogens with zero attached hydrogens (tertiary/aromatic N) is 1. The highest BCUT2D eigenvalue weighted by Gasteiger charge is 2.26. The van der Waals surface area contributed by atoms with Crippen LogP contribution in [-0.4, -0.2) is 31.1 Å². The molecule has 2 aromatic carbocycles. The van der Waals surface area contributed by atoms with Gasteiger partial charge in [-0.2, -0.15) is 0 Å². The Morgan fingerprint density at radius 2 is 2.07 bits per heavy atom. The molecule has 1 aliphatic heterocycles. The van der Waals surface area contributed by atoms with Gasteiger partial charge in [-0.25, -0.2) is 0 Å². The van der Waals surface area contributed by atoms with Crippen molar-refractivity contribution >= 4 is 46.4 Å². The van der Waals surface area contributed by atoms with E-state index in [0.717, 1.165) is 5.57 Å². The molecule has 0 saturated heterocycles. The minimum atomic E-state index is -0.799. The molecule has 0 aromatic heterocycles. The lowest BCUT2D eigenvalue weighted by molar-refractivity contribution is -0.122. The van der Waals surface area contributed by atoms with Gasteiger partial charge in [0, 0.05) is 23.3 Å². The van der Waals surface area contributed by atoms with Crippen LogP contribution >= 0.6 is 23.2 Å². The average molecular weight is 435 g/mol. The van der Waals surface area contributed by atoms with E-state index in [1.165, 1.54) is 0 Å². The van der Waals surface area contributed by atoms with Crippen molar-refractivity contribution in [2.45, 2.75) is 20.0 Å². The number of hydrogen-bond acceptors (Lipinski definition) is 4. The molecule has 29 heavy (non-hydrogen) atoms. The topological polar surface area (TPSA) is 67.9 Å². The average Bonchev–Trinajstić information content (AvgIpc) is 2.66. The summed E-state index contributed by atoms with van der Waals surface area (Å²) in [6.07, 6.45) is -0.799. The Labute approximate surface area is 179 Å². The highest BCUT2D eigenvalue weighted by atomic mass is 35.5. The Kier molecular flexibility index (Phi) is 6.35. The zero-order valence-corrected chi connectivity index (χ0v) is 17.5. The monoisotopic (exact) mass is 434 g/mol. The summed E-state index contributed by atoms with van der Waals surface area (Å²) in [4.78, 5) is 26.2. The number of halogens is 2. The first kappa shape index (κ1) is 21.0. The molecule has 0 fully saturated rings. The quantitative estimate of drug-likeness (QED) is 0.668. The molecule has 2 aromatic rings. The van der Waals surface area contributed by atoms with Gasteiger partial charge in [0.15, 0.2) is 12.7 Å². The predicted octanol–water partition coefficient (Wildman–Crippen LogP) is 4.70. The third-order valence-corrected chi connectivity index (χ3v) is 4.70. The van der Waals surface area contributed by atoms with Gasteiger partial charge in [0.2, 0.25) is 0 Å². The summed E-state index contributed by atoms with van der Waals surface area (Å²) in [6, 6.07) is 9.88. The second-order valence-electron chi connectivity index (χ2n) is 6.73. The Morgan fingerprint density at radius 3 is 2.76 bits per heavy atom. The van der Waals surface area contributed by atoms with E-state index in [9.17, 15) is 9.59 Å². The maximum atomic E-state index is 12.5. The summed E-state index contributed by atoms with van der Waals surface area (Å²) in [5.41, 5.74) is 2.02. The van der Waals surface area contributed by atoms with E-state index in [1.807, 2.05) is 6.92 Å². The molecule has 152 valence electrons. The zero-order valence-electron chi connectivity index (χ0n) is 16.0. The van der Waals surface area contributed by atoms with Crippen LogP contribution in [0.1, 0.15) is 13.8 Å². The van der Waals surface area contributed by atoms with Crippen LogP contribution in [0.25, 0.3) is 0 Å². The van der Waals surface area contributed by atoms with Crippen LogP contribution in [-0.2, 0) is 9.59 Å². The minimum Gasteiger partial charge on any atom is -0.481 e. The highest BCUT2D eigenvalue weighted by Crippen LogP contribution is 2.35. The van der Waals surface area contributed by atoms with E-state index in [4.69, 9.17) is 32.7 Å². The van der Waals surface area contributed by atoms with Crippen LogP contribution in [0.3, 0.4) is 0 Å². The first-order valence-corrected chi connectivity index (χ1v) is 9.64. The second-order valence-corrected chi connectivity index (χ2v) is 7.58. The van der Waals surface area contributed by atoms with Gasteiger partial charge in [-0.1, -0.05) is 35.4 Å². The van der Waals surface area contributed by atoms with E-state index >= 15 is 0 Å². The van der Waals surface area contributed by atoms with Crippen molar-refractivity contribution in [3.05, 3.63) is 58.6 Å².